The van der Waals surface area contributed by atoms with Crippen LogP contribution in [0.1, 0.15) is 29.7 Å². The molecule has 2 aromatic rings. The molecule has 3 rings (SSSR count). The average molecular weight is 338 g/mol. The molecule has 0 radical (unpaired) electrons. The van der Waals surface area contributed by atoms with Gasteiger partial charge in [0.2, 0.25) is 5.91 Å². The Labute approximate surface area is 147 Å². The fourth-order valence-electron chi connectivity index (χ4n) is 3.17. The second-order valence-electron chi connectivity index (χ2n) is 6.65. The Hall–Kier alpha value is -2.69. The van der Waals surface area contributed by atoms with E-state index in [0.29, 0.717) is 25.9 Å². The number of carbonyl (C=O) groups excluding carboxylic acids is 1. The molecule has 5 heteroatoms. The van der Waals surface area contributed by atoms with Crippen molar-refractivity contribution in [1.82, 2.24) is 9.88 Å². The first-order valence-corrected chi connectivity index (χ1v) is 8.50. The predicted molar refractivity (Wildman–Crippen MR) is 93.5 cm³/mol. The van der Waals surface area contributed by atoms with Crippen molar-refractivity contribution in [3.05, 3.63) is 65.5 Å². The molecular formula is C20H22N2O3. The van der Waals surface area contributed by atoms with Gasteiger partial charge in [0.15, 0.2) is 0 Å². The average Bonchev–Trinajstić information content (AvgIpc) is 2.55. The quantitative estimate of drug-likeness (QED) is 0.879. The van der Waals surface area contributed by atoms with Crippen molar-refractivity contribution >= 4 is 11.9 Å². The van der Waals surface area contributed by atoms with Gasteiger partial charge in [0, 0.05) is 18.7 Å². The van der Waals surface area contributed by atoms with Gasteiger partial charge in [0.25, 0.3) is 0 Å². The van der Waals surface area contributed by atoms with Crippen LogP contribution in [0.3, 0.4) is 0 Å². The lowest BCUT2D eigenvalue weighted by Crippen LogP contribution is -2.43. The first-order valence-electron chi connectivity index (χ1n) is 8.50. The van der Waals surface area contributed by atoms with Gasteiger partial charge in [-0.15, -0.1) is 0 Å². The van der Waals surface area contributed by atoms with Gasteiger partial charge < -0.3 is 10.0 Å². The number of aliphatic carboxylic acids is 1. The molecule has 1 aromatic heterocycles. The molecule has 0 atom stereocenters. The van der Waals surface area contributed by atoms with Gasteiger partial charge in [0.1, 0.15) is 0 Å². The molecule has 1 aliphatic carbocycles. The van der Waals surface area contributed by atoms with Crippen molar-refractivity contribution in [2.24, 2.45) is 11.8 Å². The SMILES string of the molecule is Cc1ccccc1CN(Cc1ccccn1)C(=O)C1CC(C(=O)O)C1. The van der Waals surface area contributed by atoms with E-state index in [-0.39, 0.29) is 17.7 Å². The van der Waals surface area contributed by atoms with Crippen molar-refractivity contribution in [1.29, 1.82) is 0 Å². The standard InChI is InChI=1S/C20H22N2O3/c1-14-6-2-3-7-15(14)12-22(13-18-8-4-5-9-21-18)19(23)16-10-17(11-16)20(24)25/h2-9,16-17H,10-13H2,1H3,(H,24,25). The third-order valence-electron chi connectivity index (χ3n) is 4.85. The van der Waals surface area contributed by atoms with E-state index in [4.69, 9.17) is 5.11 Å². The highest BCUT2D eigenvalue weighted by molar-refractivity contribution is 5.83. The van der Waals surface area contributed by atoms with E-state index in [0.717, 1.165) is 16.8 Å². The lowest BCUT2D eigenvalue weighted by atomic mass is 9.74. The summed E-state index contributed by atoms with van der Waals surface area (Å²) in [6, 6.07) is 13.7. The third kappa shape index (κ3) is 4.05. The molecule has 1 heterocycles. The predicted octanol–water partition coefficient (Wildman–Crippen LogP) is 3.03. The maximum Gasteiger partial charge on any atom is 0.306 e. The van der Waals surface area contributed by atoms with E-state index in [9.17, 15) is 9.59 Å². The summed E-state index contributed by atoms with van der Waals surface area (Å²) < 4.78 is 0. The van der Waals surface area contributed by atoms with Crippen molar-refractivity contribution in [2.75, 3.05) is 0 Å². The van der Waals surface area contributed by atoms with Crippen LogP contribution in [0, 0.1) is 18.8 Å². The molecule has 1 saturated carbocycles. The van der Waals surface area contributed by atoms with E-state index in [2.05, 4.69) is 4.98 Å². The number of amides is 1. The number of carboxylic acid groups (broad SMARTS) is 1. The minimum atomic E-state index is -0.806. The lowest BCUT2D eigenvalue weighted by Gasteiger charge is -2.35. The molecule has 5 nitrogen and oxygen atoms in total. The molecule has 1 N–H and O–H groups in total. The van der Waals surface area contributed by atoms with Gasteiger partial charge in [-0.1, -0.05) is 30.3 Å². The third-order valence-corrected chi connectivity index (χ3v) is 4.85. The Balaban J connectivity index is 1.76. The number of carboxylic acids is 1. The largest absolute Gasteiger partial charge is 0.481 e. The fraction of sp³-hybridized carbons (Fsp3) is 0.350. The first kappa shape index (κ1) is 17.1. The molecule has 0 bridgehead atoms. The minimum absolute atomic E-state index is 0.0198. The first-order chi connectivity index (χ1) is 12.0. The van der Waals surface area contributed by atoms with Crippen LogP contribution in [0.4, 0.5) is 0 Å². The number of hydrogen-bond acceptors (Lipinski definition) is 3. The molecule has 130 valence electrons. The number of pyridine rings is 1. The Morgan fingerprint density at radius 2 is 1.80 bits per heavy atom. The van der Waals surface area contributed by atoms with Crippen LogP contribution in [0.25, 0.3) is 0 Å². The van der Waals surface area contributed by atoms with Crippen LogP contribution in [-0.4, -0.2) is 26.9 Å². The molecule has 0 spiro atoms. The minimum Gasteiger partial charge on any atom is -0.481 e. The van der Waals surface area contributed by atoms with Crippen LogP contribution in [0.5, 0.6) is 0 Å². The zero-order valence-electron chi connectivity index (χ0n) is 14.3. The molecule has 0 saturated heterocycles. The van der Waals surface area contributed by atoms with Gasteiger partial charge >= 0.3 is 5.97 Å². The molecule has 1 aliphatic rings. The van der Waals surface area contributed by atoms with Crippen LogP contribution in [-0.2, 0) is 22.7 Å². The number of benzene rings is 1. The highest BCUT2D eigenvalue weighted by Gasteiger charge is 2.40. The Bertz CT molecular complexity index is 755. The Kier molecular flexibility index (Phi) is 5.12. The Morgan fingerprint density at radius 3 is 2.44 bits per heavy atom. The summed E-state index contributed by atoms with van der Waals surface area (Å²) in [5.74, 6) is -1.37. The molecular weight excluding hydrogens is 316 g/mol. The molecule has 1 amide bonds. The van der Waals surface area contributed by atoms with Crippen molar-refractivity contribution in [3.63, 3.8) is 0 Å². The van der Waals surface area contributed by atoms with Crippen molar-refractivity contribution in [3.8, 4) is 0 Å². The Morgan fingerprint density at radius 1 is 1.08 bits per heavy atom. The van der Waals surface area contributed by atoms with Gasteiger partial charge in [-0.2, -0.15) is 0 Å². The summed E-state index contributed by atoms with van der Waals surface area (Å²) in [4.78, 5) is 30.1. The highest BCUT2D eigenvalue weighted by Crippen LogP contribution is 2.35. The smallest absolute Gasteiger partial charge is 0.306 e. The van der Waals surface area contributed by atoms with Gasteiger partial charge in [-0.05, 0) is 43.0 Å². The number of aromatic nitrogens is 1. The number of carbonyl (C=O) groups is 2. The summed E-state index contributed by atoms with van der Waals surface area (Å²) in [5.41, 5.74) is 3.07. The van der Waals surface area contributed by atoms with E-state index in [1.54, 1.807) is 11.1 Å². The fourth-order valence-corrected chi connectivity index (χ4v) is 3.17. The van der Waals surface area contributed by atoms with Gasteiger partial charge in [0.05, 0.1) is 18.2 Å². The van der Waals surface area contributed by atoms with Crippen LogP contribution in [0.15, 0.2) is 48.7 Å². The summed E-state index contributed by atoms with van der Waals surface area (Å²) >= 11 is 0. The molecule has 1 fully saturated rings. The van der Waals surface area contributed by atoms with E-state index >= 15 is 0 Å². The van der Waals surface area contributed by atoms with Crippen LogP contribution in [0.2, 0.25) is 0 Å². The summed E-state index contributed by atoms with van der Waals surface area (Å²) in [5, 5.41) is 9.04. The van der Waals surface area contributed by atoms with Gasteiger partial charge in [-0.25, -0.2) is 0 Å². The number of nitrogens with zero attached hydrogens (tertiary/aromatic N) is 2. The molecule has 1 aromatic carbocycles. The normalized spacial score (nSPS) is 19.1. The lowest BCUT2D eigenvalue weighted by molar-refractivity contribution is -0.152. The maximum absolute atomic E-state index is 12.9. The van der Waals surface area contributed by atoms with E-state index < -0.39 is 5.97 Å². The second-order valence-corrected chi connectivity index (χ2v) is 6.65. The summed E-state index contributed by atoms with van der Waals surface area (Å²) in [6.45, 7) is 2.97. The number of rotatable bonds is 6. The van der Waals surface area contributed by atoms with Crippen molar-refractivity contribution in [2.45, 2.75) is 32.9 Å². The van der Waals surface area contributed by atoms with E-state index in [1.165, 1.54) is 0 Å². The number of hydrogen-bond donors (Lipinski definition) is 1. The van der Waals surface area contributed by atoms with Crippen molar-refractivity contribution < 1.29 is 14.7 Å². The number of aryl methyl sites for hydroxylation is 1. The van der Waals surface area contributed by atoms with Crippen LogP contribution >= 0.6 is 0 Å². The maximum atomic E-state index is 12.9. The monoisotopic (exact) mass is 338 g/mol. The van der Waals surface area contributed by atoms with Gasteiger partial charge in [-0.3, -0.25) is 14.6 Å². The summed E-state index contributed by atoms with van der Waals surface area (Å²) in [7, 11) is 0. The topological polar surface area (TPSA) is 70.5 Å². The second kappa shape index (κ2) is 7.47. The molecule has 25 heavy (non-hydrogen) atoms. The molecule has 0 aliphatic heterocycles. The summed E-state index contributed by atoms with van der Waals surface area (Å²) in [6.07, 6.45) is 2.58. The highest BCUT2D eigenvalue weighted by atomic mass is 16.4. The van der Waals surface area contributed by atoms with E-state index in [1.807, 2.05) is 49.4 Å². The zero-order valence-corrected chi connectivity index (χ0v) is 14.3. The molecule has 0 unspecified atom stereocenters. The van der Waals surface area contributed by atoms with Crippen LogP contribution < -0.4 is 0 Å². The zero-order chi connectivity index (χ0) is 17.8.